The van der Waals surface area contributed by atoms with Gasteiger partial charge in [0.1, 0.15) is 5.75 Å². The first-order valence-electron chi connectivity index (χ1n) is 7.59. The Balaban J connectivity index is 1.80. The third-order valence-electron chi connectivity index (χ3n) is 4.38. The van der Waals surface area contributed by atoms with Gasteiger partial charge >= 0.3 is 0 Å². The van der Waals surface area contributed by atoms with E-state index >= 15 is 0 Å². The van der Waals surface area contributed by atoms with Crippen LogP contribution >= 0.6 is 0 Å². The van der Waals surface area contributed by atoms with Gasteiger partial charge in [0.15, 0.2) is 6.61 Å². The number of nitrogens with zero attached hydrogens (tertiary/aromatic N) is 1. The van der Waals surface area contributed by atoms with Crippen LogP contribution in [0, 0.1) is 0 Å². The minimum Gasteiger partial charge on any atom is -0.484 e. The van der Waals surface area contributed by atoms with Crippen LogP contribution in [0.15, 0.2) is 41.3 Å². The van der Waals surface area contributed by atoms with Crippen molar-refractivity contribution in [1.29, 1.82) is 0 Å². The summed E-state index contributed by atoms with van der Waals surface area (Å²) >= 11 is 0. The van der Waals surface area contributed by atoms with Crippen LogP contribution in [0.5, 0.6) is 5.75 Å². The number of sulfonamides is 1. The first-order chi connectivity index (χ1) is 10.9. The van der Waals surface area contributed by atoms with Crippen LogP contribution in [0.2, 0.25) is 0 Å². The molecule has 6 nitrogen and oxygen atoms in total. The van der Waals surface area contributed by atoms with Crippen molar-refractivity contribution in [2.75, 3.05) is 6.61 Å². The largest absolute Gasteiger partial charge is 0.484 e. The van der Waals surface area contributed by atoms with E-state index < -0.39 is 15.9 Å². The lowest BCUT2D eigenvalue weighted by Gasteiger charge is -2.34. The van der Waals surface area contributed by atoms with Gasteiger partial charge in [-0.2, -0.15) is 4.31 Å². The summed E-state index contributed by atoms with van der Waals surface area (Å²) in [5.74, 6) is -0.162. The second-order valence-electron chi connectivity index (χ2n) is 6.10. The molecule has 0 spiro atoms. The monoisotopic (exact) mass is 336 g/mol. The van der Waals surface area contributed by atoms with Crippen molar-refractivity contribution >= 4 is 15.9 Å². The highest BCUT2D eigenvalue weighted by atomic mass is 32.2. The van der Waals surface area contributed by atoms with Gasteiger partial charge in [-0.25, -0.2) is 8.42 Å². The molecule has 0 radical (unpaired) electrons. The third-order valence-corrected chi connectivity index (χ3v) is 6.40. The molecule has 2 unspecified atom stereocenters. The molecule has 124 valence electrons. The lowest BCUT2D eigenvalue weighted by molar-refractivity contribution is -0.119. The van der Waals surface area contributed by atoms with Crippen molar-refractivity contribution in [2.45, 2.75) is 42.7 Å². The molecule has 2 aliphatic heterocycles. The maximum atomic E-state index is 12.9. The van der Waals surface area contributed by atoms with E-state index in [1.54, 1.807) is 16.4 Å². The van der Waals surface area contributed by atoms with Crippen LogP contribution in [-0.4, -0.2) is 37.3 Å². The molecule has 0 saturated carbocycles. The van der Waals surface area contributed by atoms with Crippen LogP contribution in [0.4, 0.5) is 0 Å². The van der Waals surface area contributed by atoms with Gasteiger partial charge in [-0.15, -0.1) is 0 Å². The van der Waals surface area contributed by atoms with Gasteiger partial charge in [0.25, 0.3) is 5.91 Å². The Morgan fingerprint density at radius 2 is 1.78 bits per heavy atom. The SMILES string of the molecule is C=C1CC2CCC(C1)N2S(=O)(=O)c1ccc(OCC(N)=O)cc1. The summed E-state index contributed by atoms with van der Waals surface area (Å²) in [5, 5.41) is 0. The maximum absolute atomic E-state index is 12.9. The Morgan fingerprint density at radius 3 is 2.30 bits per heavy atom. The number of carbonyl (C=O) groups excluding carboxylic acids is 1. The van der Waals surface area contributed by atoms with Gasteiger partial charge in [0, 0.05) is 12.1 Å². The molecule has 2 bridgehead atoms. The Labute approximate surface area is 136 Å². The zero-order valence-electron chi connectivity index (χ0n) is 12.8. The molecule has 1 amide bonds. The standard InChI is InChI=1S/C16H20N2O4S/c1-11-8-12-2-3-13(9-11)18(12)23(20,21)15-6-4-14(5-7-15)22-10-16(17)19/h4-7,12-13H,1-3,8-10H2,(H2,17,19). The smallest absolute Gasteiger partial charge is 0.255 e. The molecular weight excluding hydrogens is 316 g/mol. The topological polar surface area (TPSA) is 89.7 Å². The van der Waals surface area contributed by atoms with Gasteiger partial charge in [0.05, 0.1) is 4.90 Å². The van der Waals surface area contributed by atoms with E-state index in [-0.39, 0.29) is 23.6 Å². The van der Waals surface area contributed by atoms with E-state index in [2.05, 4.69) is 6.58 Å². The zero-order valence-corrected chi connectivity index (χ0v) is 13.6. The van der Waals surface area contributed by atoms with Crippen molar-refractivity contribution in [2.24, 2.45) is 5.73 Å². The number of rotatable bonds is 5. The number of primary amides is 1. The molecule has 1 aromatic rings. The predicted octanol–water partition coefficient (Wildman–Crippen LogP) is 1.42. The molecule has 2 N–H and O–H groups in total. The molecule has 0 aromatic heterocycles. The number of ether oxygens (including phenoxy) is 1. The Hall–Kier alpha value is -1.86. The van der Waals surface area contributed by atoms with Crippen molar-refractivity contribution in [3.05, 3.63) is 36.4 Å². The fourth-order valence-corrected chi connectivity index (χ4v) is 5.32. The Kier molecular flexibility index (Phi) is 4.16. The van der Waals surface area contributed by atoms with E-state index in [1.165, 1.54) is 12.1 Å². The van der Waals surface area contributed by atoms with E-state index in [0.717, 1.165) is 31.3 Å². The van der Waals surface area contributed by atoms with Gasteiger partial charge in [-0.3, -0.25) is 4.79 Å². The molecule has 2 atom stereocenters. The molecule has 2 fully saturated rings. The van der Waals surface area contributed by atoms with Crippen LogP contribution in [0.3, 0.4) is 0 Å². The van der Waals surface area contributed by atoms with Gasteiger partial charge < -0.3 is 10.5 Å². The molecule has 7 heteroatoms. The molecule has 0 aliphatic carbocycles. The van der Waals surface area contributed by atoms with E-state index in [9.17, 15) is 13.2 Å². The molecular formula is C16H20N2O4S. The molecule has 1 aromatic carbocycles. The minimum atomic E-state index is -3.52. The van der Waals surface area contributed by atoms with Crippen LogP contribution in [0.25, 0.3) is 0 Å². The van der Waals surface area contributed by atoms with E-state index in [4.69, 9.17) is 10.5 Å². The molecule has 2 aliphatic rings. The highest BCUT2D eigenvalue weighted by Crippen LogP contribution is 2.41. The lowest BCUT2D eigenvalue weighted by Crippen LogP contribution is -2.44. The third kappa shape index (κ3) is 3.11. The first kappa shape index (κ1) is 16.0. The summed E-state index contributed by atoms with van der Waals surface area (Å²) in [4.78, 5) is 10.9. The van der Waals surface area contributed by atoms with Crippen molar-refractivity contribution in [3.63, 3.8) is 0 Å². The van der Waals surface area contributed by atoms with Crippen LogP contribution in [0.1, 0.15) is 25.7 Å². The number of benzene rings is 1. The lowest BCUT2D eigenvalue weighted by atomic mass is 10.0. The Morgan fingerprint density at radius 1 is 1.22 bits per heavy atom. The molecule has 23 heavy (non-hydrogen) atoms. The van der Waals surface area contributed by atoms with Crippen molar-refractivity contribution in [1.82, 2.24) is 4.31 Å². The fourth-order valence-electron chi connectivity index (χ4n) is 3.45. The second-order valence-corrected chi connectivity index (χ2v) is 7.95. The number of nitrogens with two attached hydrogens (primary N) is 1. The minimum absolute atomic E-state index is 0.0250. The number of piperidine rings is 1. The Bertz CT molecular complexity index is 711. The number of fused-ring (bicyclic) bond motifs is 2. The summed E-state index contributed by atoms with van der Waals surface area (Å²) < 4.78 is 32.6. The highest BCUT2D eigenvalue weighted by molar-refractivity contribution is 7.89. The quantitative estimate of drug-likeness (QED) is 0.824. The molecule has 2 heterocycles. The number of carbonyl (C=O) groups is 1. The second kappa shape index (κ2) is 5.98. The van der Waals surface area contributed by atoms with Gasteiger partial charge in [0.2, 0.25) is 10.0 Å². The average Bonchev–Trinajstić information content (AvgIpc) is 2.79. The van der Waals surface area contributed by atoms with Crippen LogP contribution < -0.4 is 10.5 Å². The number of amides is 1. The van der Waals surface area contributed by atoms with Crippen molar-refractivity contribution in [3.8, 4) is 5.75 Å². The van der Waals surface area contributed by atoms with E-state index in [0.29, 0.717) is 5.75 Å². The summed E-state index contributed by atoms with van der Waals surface area (Å²) in [7, 11) is -3.52. The van der Waals surface area contributed by atoms with Gasteiger partial charge in [-0.1, -0.05) is 12.2 Å². The summed E-state index contributed by atoms with van der Waals surface area (Å²) in [5.41, 5.74) is 6.15. The van der Waals surface area contributed by atoms with E-state index in [1.807, 2.05) is 0 Å². The summed E-state index contributed by atoms with van der Waals surface area (Å²) in [6.07, 6.45) is 3.27. The van der Waals surface area contributed by atoms with Crippen molar-refractivity contribution < 1.29 is 17.9 Å². The average molecular weight is 336 g/mol. The first-order valence-corrected chi connectivity index (χ1v) is 9.03. The fraction of sp³-hybridized carbons (Fsp3) is 0.438. The summed E-state index contributed by atoms with van der Waals surface area (Å²) in [6, 6.07) is 6.15. The predicted molar refractivity (Wildman–Crippen MR) is 85.3 cm³/mol. The van der Waals surface area contributed by atoms with Crippen LogP contribution in [-0.2, 0) is 14.8 Å². The zero-order chi connectivity index (χ0) is 16.6. The molecule has 3 rings (SSSR count). The maximum Gasteiger partial charge on any atom is 0.255 e. The number of hydrogen-bond acceptors (Lipinski definition) is 4. The normalized spacial score (nSPS) is 24.6. The highest BCUT2D eigenvalue weighted by Gasteiger charge is 2.45. The number of hydrogen-bond donors (Lipinski definition) is 1. The van der Waals surface area contributed by atoms with Gasteiger partial charge in [-0.05, 0) is 49.9 Å². The summed E-state index contributed by atoms with van der Waals surface area (Å²) in [6.45, 7) is 3.78. The molecule has 2 saturated heterocycles.